The van der Waals surface area contributed by atoms with Crippen molar-refractivity contribution in [2.45, 2.75) is 52.5 Å². The first-order valence-corrected chi connectivity index (χ1v) is 5.13. The second kappa shape index (κ2) is 3.37. The highest BCUT2D eigenvalue weighted by atomic mass is 16.2. The van der Waals surface area contributed by atoms with Crippen LogP contribution in [0.4, 0.5) is 0 Å². The van der Waals surface area contributed by atoms with Gasteiger partial charge in [-0.15, -0.1) is 0 Å². The predicted molar refractivity (Wildman–Crippen MR) is 54.9 cm³/mol. The second-order valence-electron chi connectivity index (χ2n) is 5.14. The molecule has 1 atom stereocenters. The van der Waals surface area contributed by atoms with Gasteiger partial charge in [-0.05, 0) is 13.3 Å². The van der Waals surface area contributed by atoms with Crippen molar-refractivity contribution < 1.29 is 9.59 Å². The predicted octanol–water partition coefficient (Wildman–Crippen LogP) is 1.66. The van der Waals surface area contributed by atoms with Crippen molar-refractivity contribution in [3.8, 4) is 0 Å². The van der Waals surface area contributed by atoms with Crippen molar-refractivity contribution in [2.24, 2.45) is 5.41 Å². The Labute approximate surface area is 85.3 Å². The fraction of sp³-hybridized carbons (Fsp3) is 0.818. The normalized spacial score (nSPS) is 30.1. The molecule has 1 amide bonds. The number of hydrogen-bond donors (Lipinski definition) is 1. The molecular weight excluding hydrogens is 178 g/mol. The second-order valence-corrected chi connectivity index (χ2v) is 5.14. The summed E-state index contributed by atoms with van der Waals surface area (Å²) in [7, 11) is 0. The minimum atomic E-state index is -0.331. The largest absolute Gasteiger partial charge is 0.350 e. The lowest BCUT2D eigenvalue weighted by Crippen LogP contribution is -2.40. The van der Waals surface area contributed by atoms with Gasteiger partial charge in [-0.3, -0.25) is 9.59 Å². The van der Waals surface area contributed by atoms with Gasteiger partial charge >= 0.3 is 0 Å². The van der Waals surface area contributed by atoms with Crippen LogP contribution in [0.25, 0.3) is 0 Å². The van der Waals surface area contributed by atoms with Gasteiger partial charge in [0.2, 0.25) is 5.91 Å². The van der Waals surface area contributed by atoms with Gasteiger partial charge in [-0.1, -0.05) is 20.8 Å². The number of ketones is 1. The van der Waals surface area contributed by atoms with E-state index in [4.69, 9.17) is 0 Å². The molecule has 3 nitrogen and oxygen atoms in total. The third-order valence-corrected chi connectivity index (χ3v) is 2.84. The lowest BCUT2D eigenvalue weighted by molar-refractivity contribution is -0.126. The standard InChI is InChI=1S/C11H19NO2/c1-5-8(13)6-11(4)7-10(2,3)9(14)12-11/h5-7H2,1-4H3,(H,12,14). The van der Waals surface area contributed by atoms with E-state index in [9.17, 15) is 9.59 Å². The van der Waals surface area contributed by atoms with Gasteiger partial charge in [0, 0.05) is 23.8 Å². The van der Waals surface area contributed by atoms with Crippen LogP contribution in [0.15, 0.2) is 0 Å². The van der Waals surface area contributed by atoms with Crippen molar-refractivity contribution in [3.63, 3.8) is 0 Å². The number of rotatable bonds is 3. The van der Waals surface area contributed by atoms with E-state index in [1.54, 1.807) is 0 Å². The fourth-order valence-corrected chi connectivity index (χ4v) is 2.21. The Hall–Kier alpha value is -0.860. The van der Waals surface area contributed by atoms with Crippen LogP contribution in [0.1, 0.15) is 47.0 Å². The van der Waals surface area contributed by atoms with Gasteiger partial charge < -0.3 is 5.32 Å². The number of Topliss-reactive ketones (excluding diaryl/α,β-unsaturated/α-hetero) is 1. The maximum Gasteiger partial charge on any atom is 0.226 e. The summed E-state index contributed by atoms with van der Waals surface area (Å²) in [6.07, 6.45) is 1.75. The Balaban J connectivity index is 2.71. The molecule has 0 saturated carbocycles. The molecule has 0 aromatic heterocycles. The van der Waals surface area contributed by atoms with Crippen LogP contribution in [0, 0.1) is 5.41 Å². The van der Waals surface area contributed by atoms with E-state index in [-0.39, 0.29) is 22.6 Å². The zero-order valence-electron chi connectivity index (χ0n) is 9.44. The van der Waals surface area contributed by atoms with Gasteiger partial charge in [0.25, 0.3) is 0 Å². The summed E-state index contributed by atoms with van der Waals surface area (Å²) in [5.41, 5.74) is -0.656. The molecular formula is C11H19NO2. The molecule has 0 radical (unpaired) electrons. The number of nitrogens with one attached hydrogen (secondary N) is 1. The minimum absolute atomic E-state index is 0.0592. The van der Waals surface area contributed by atoms with Crippen molar-refractivity contribution >= 4 is 11.7 Å². The summed E-state index contributed by atoms with van der Waals surface area (Å²) in [6, 6.07) is 0. The topological polar surface area (TPSA) is 46.2 Å². The molecule has 1 fully saturated rings. The van der Waals surface area contributed by atoms with E-state index in [1.165, 1.54) is 0 Å². The molecule has 0 aliphatic carbocycles. The summed E-state index contributed by atoms with van der Waals surface area (Å²) in [6.45, 7) is 7.65. The molecule has 1 aliphatic heterocycles. The smallest absolute Gasteiger partial charge is 0.226 e. The molecule has 1 unspecified atom stereocenters. The lowest BCUT2D eigenvalue weighted by Gasteiger charge is -2.23. The van der Waals surface area contributed by atoms with Crippen LogP contribution in [-0.4, -0.2) is 17.2 Å². The number of hydrogen-bond acceptors (Lipinski definition) is 2. The van der Waals surface area contributed by atoms with E-state index >= 15 is 0 Å². The molecule has 0 spiro atoms. The quantitative estimate of drug-likeness (QED) is 0.748. The first-order chi connectivity index (χ1) is 6.29. The Bertz CT molecular complexity index is 270. The first-order valence-electron chi connectivity index (χ1n) is 5.13. The summed E-state index contributed by atoms with van der Waals surface area (Å²) in [5, 5.41) is 2.93. The summed E-state index contributed by atoms with van der Waals surface area (Å²) in [4.78, 5) is 22.9. The molecule has 0 aromatic rings. The maximum absolute atomic E-state index is 11.6. The summed E-state index contributed by atoms with van der Waals surface area (Å²) >= 11 is 0. The molecule has 0 aromatic carbocycles. The van der Waals surface area contributed by atoms with Gasteiger partial charge in [-0.2, -0.15) is 0 Å². The van der Waals surface area contributed by atoms with Crippen LogP contribution in [-0.2, 0) is 9.59 Å². The van der Waals surface area contributed by atoms with Crippen LogP contribution >= 0.6 is 0 Å². The highest BCUT2D eigenvalue weighted by Crippen LogP contribution is 2.37. The zero-order chi connectivity index (χ0) is 11.0. The van der Waals surface area contributed by atoms with E-state index in [0.717, 1.165) is 6.42 Å². The van der Waals surface area contributed by atoms with Gasteiger partial charge in [0.15, 0.2) is 0 Å². The van der Waals surface area contributed by atoms with Crippen LogP contribution in [0.2, 0.25) is 0 Å². The van der Waals surface area contributed by atoms with Crippen molar-refractivity contribution in [1.82, 2.24) is 5.32 Å². The Morgan fingerprint density at radius 2 is 2.00 bits per heavy atom. The van der Waals surface area contributed by atoms with Gasteiger partial charge in [0.1, 0.15) is 5.78 Å². The zero-order valence-corrected chi connectivity index (χ0v) is 9.44. The molecule has 1 rings (SSSR count). The lowest BCUT2D eigenvalue weighted by atomic mass is 9.82. The molecule has 80 valence electrons. The number of carbonyl (C=O) groups excluding carboxylic acids is 2. The third-order valence-electron chi connectivity index (χ3n) is 2.84. The monoisotopic (exact) mass is 197 g/mol. The molecule has 1 aliphatic rings. The fourth-order valence-electron chi connectivity index (χ4n) is 2.21. The molecule has 1 N–H and O–H groups in total. The average molecular weight is 197 g/mol. The maximum atomic E-state index is 11.6. The van der Waals surface area contributed by atoms with Gasteiger partial charge in [0.05, 0.1) is 0 Å². The van der Waals surface area contributed by atoms with E-state index in [0.29, 0.717) is 12.8 Å². The van der Waals surface area contributed by atoms with Gasteiger partial charge in [-0.25, -0.2) is 0 Å². The molecule has 14 heavy (non-hydrogen) atoms. The Morgan fingerprint density at radius 3 is 2.36 bits per heavy atom. The van der Waals surface area contributed by atoms with Crippen molar-refractivity contribution in [1.29, 1.82) is 0 Å². The first kappa shape index (κ1) is 11.2. The van der Waals surface area contributed by atoms with Crippen molar-refractivity contribution in [2.75, 3.05) is 0 Å². The summed E-state index contributed by atoms with van der Waals surface area (Å²) < 4.78 is 0. The Kier molecular flexibility index (Phi) is 2.70. The Morgan fingerprint density at radius 1 is 1.43 bits per heavy atom. The molecule has 1 heterocycles. The average Bonchev–Trinajstić information content (AvgIpc) is 2.20. The van der Waals surface area contributed by atoms with E-state index in [2.05, 4.69) is 5.32 Å². The highest BCUT2D eigenvalue weighted by molar-refractivity contribution is 5.87. The van der Waals surface area contributed by atoms with E-state index in [1.807, 2.05) is 27.7 Å². The SMILES string of the molecule is CCC(=O)CC1(C)CC(C)(C)C(=O)N1. The van der Waals surface area contributed by atoms with Crippen LogP contribution in [0.5, 0.6) is 0 Å². The van der Waals surface area contributed by atoms with Crippen LogP contribution < -0.4 is 5.32 Å². The number of carbonyl (C=O) groups is 2. The number of amides is 1. The van der Waals surface area contributed by atoms with Crippen LogP contribution in [0.3, 0.4) is 0 Å². The summed E-state index contributed by atoms with van der Waals surface area (Å²) in [5.74, 6) is 0.273. The molecule has 3 heteroatoms. The molecule has 0 bridgehead atoms. The molecule has 1 saturated heterocycles. The van der Waals surface area contributed by atoms with E-state index < -0.39 is 0 Å². The highest BCUT2D eigenvalue weighted by Gasteiger charge is 2.46. The third kappa shape index (κ3) is 2.14. The van der Waals surface area contributed by atoms with Crippen molar-refractivity contribution in [3.05, 3.63) is 0 Å². The minimum Gasteiger partial charge on any atom is -0.350 e.